The number of halogens is 1. The number of benzene rings is 2. The number of Topliss-reactive ketones (excluding diaryl/α,β-unsaturated/α-hetero) is 1. The normalized spacial score (nSPS) is 18.0. The molecule has 0 fully saturated rings. The molecule has 0 radical (unpaired) electrons. The number of carbonyl (C=O) groups is 1. The van der Waals surface area contributed by atoms with E-state index in [9.17, 15) is 4.79 Å². The first-order valence-corrected chi connectivity index (χ1v) is 9.76. The van der Waals surface area contributed by atoms with E-state index in [0.29, 0.717) is 0 Å². The van der Waals surface area contributed by atoms with Crippen molar-refractivity contribution in [3.8, 4) is 0 Å². The first-order chi connectivity index (χ1) is 11.6. The van der Waals surface area contributed by atoms with Crippen LogP contribution < -0.4 is 0 Å². The molecule has 1 unspecified atom stereocenters. The van der Waals surface area contributed by atoms with Crippen molar-refractivity contribution in [1.29, 1.82) is 0 Å². The second-order valence-electron chi connectivity index (χ2n) is 6.24. The number of aryl methyl sites for hydroxylation is 2. The Morgan fingerprint density at radius 1 is 1.04 bits per heavy atom. The van der Waals surface area contributed by atoms with Gasteiger partial charge in [-0.1, -0.05) is 58.4 Å². The number of rotatable bonds is 2. The van der Waals surface area contributed by atoms with Gasteiger partial charge in [0.1, 0.15) is 0 Å². The molecule has 1 aromatic heterocycles. The number of hydrogen-bond donors (Lipinski definition) is 0. The molecule has 0 saturated carbocycles. The molecule has 2 aromatic carbocycles. The third-order valence-electron chi connectivity index (χ3n) is 4.64. The van der Waals surface area contributed by atoms with Crippen LogP contribution in [0.15, 0.2) is 48.5 Å². The fourth-order valence-electron chi connectivity index (χ4n) is 3.59. The van der Waals surface area contributed by atoms with E-state index in [1.807, 2.05) is 18.2 Å². The summed E-state index contributed by atoms with van der Waals surface area (Å²) in [5.74, 6) is 0.199. The van der Waals surface area contributed by atoms with Crippen LogP contribution in [0.2, 0.25) is 0 Å². The Morgan fingerprint density at radius 2 is 1.79 bits per heavy atom. The SMILES string of the molecule is Cc1cc(C2=C(c3cccc4ccccc34)C(=O)C(Br)C2)c(C)s1. The van der Waals surface area contributed by atoms with E-state index in [2.05, 4.69) is 60.1 Å². The van der Waals surface area contributed by atoms with Crippen LogP contribution in [0, 0.1) is 13.8 Å². The van der Waals surface area contributed by atoms with E-state index in [4.69, 9.17) is 0 Å². The molecule has 4 rings (SSSR count). The van der Waals surface area contributed by atoms with Crippen molar-refractivity contribution in [2.45, 2.75) is 25.1 Å². The van der Waals surface area contributed by atoms with Crippen LogP contribution in [0.5, 0.6) is 0 Å². The summed E-state index contributed by atoms with van der Waals surface area (Å²) >= 11 is 5.39. The molecule has 3 aromatic rings. The Hall–Kier alpha value is -1.71. The zero-order chi connectivity index (χ0) is 16.8. The Morgan fingerprint density at radius 3 is 2.54 bits per heavy atom. The van der Waals surface area contributed by atoms with E-state index in [1.54, 1.807) is 11.3 Å². The summed E-state index contributed by atoms with van der Waals surface area (Å²) in [7, 11) is 0. The fourth-order valence-corrected chi connectivity index (χ4v) is 5.10. The second-order valence-corrected chi connectivity index (χ2v) is 8.81. The van der Waals surface area contributed by atoms with Gasteiger partial charge in [0.15, 0.2) is 5.78 Å². The molecule has 0 saturated heterocycles. The molecule has 1 nitrogen and oxygen atoms in total. The maximum absolute atomic E-state index is 12.9. The highest BCUT2D eigenvalue weighted by atomic mass is 79.9. The van der Waals surface area contributed by atoms with Crippen LogP contribution in [0.3, 0.4) is 0 Å². The van der Waals surface area contributed by atoms with Crippen LogP contribution in [0.25, 0.3) is 21.9 Å². The highest BCUT2D eigenvalue weighted by molar-refractivity contribution is 9.10. The van der Waals surface area contributed by atoms with E-state index in [0.717, 1.165) is 22.9 Å². The number of allylic oxidation sites excluding steroid dienone is 2. The minimum atomic E-state index is -0.124. The zero-order valence-corrected chi connectivity index (χ0v) is 16.0. The number of fused-ring (bicyclic) bond motifs is 1. The van der Waals surface area contributed by atoms with Gasteiger partial charge in [-0.05, 0) is 53.8 Å². The first kappa shape index (κ1) is 15.8. The smallest absolute Gasteiger partial charge is 0.177 e. The molecule has 0 N–H and O–H groups in total. The molecule has 1 heterocycles. The average Bonchev–Trinajstić information content (AvgIpc) is 3.06. The molecule has 0 bridgehead atoms. The molecular formula is C21H17BrOS. The van der Waals surface area contributed by atoms with Crippen LogP contribution >= 0.6 is 27.3 Å². The predicted octanol–water partition coefficient (Wildman–Crippen LogP) is 6.17. The van der Waals surface area contributed by atoms with Gasteiger partial charge in [0.05, 0.1) is 4.83 Å². The lowest BCUT2D eigenvalue weighted by atomic mass is 9.93. The molecule has 1 aliphatic rings. The lowest BCUT2D eigenvalue weighted by molar-refractivity contribution is -0.112. The van der Waals surface area contributed by atoms with Crippen molar-refractivity contribution in [2.24, 2.45) is 0 Å². The Balaban J connectivity index is 2.03. The van der Waals surface area contributed by atoms with Crippen molar-refractivity contribution < 1.29 is 4.79 Å². The Bertz CT molecular complexity index is 991. The summed E-state index contributed by atoms with van der Waals surface area (Å²) in [5.41, 5.74) is 4.35. The third kappa shape index (κ3) is 2.47. The van der Waals surface area contributed by atoms with E-state index in [1.165, 1.54) is 26.3 Å². The zero-order valence-electron chi connectivity index (χ0n) is 13.6. The number of ketones is 1. The summed E-state index contributed by atoms with van der Waals surface area (Å²) in [5, 5.41) is 2.32. The van der Waals surface area contributed by atoms with Crippen LogP contribution in [-0.2, 0) is 4.79 Å². The average molecular weight is 397 g/mol. The second kappa shape index (κ2) is 5.98. The third-order valence-corrected chi connectivity index (χ3v) is 6.35. The van der Waals surface area contributed by atoms with Crippen molar-refractivity contribution in [1.82, 2.24) is 0 Å². The monoisotopic (exact) mass is 396 g/mol. The maximum Gasteiger partial charge on any atom is 0.177 e. The summed E-state index contributed by atoms with van der Waals surface area (Å²) in [6.45, 7) is 4.27. The quantitative estimate of drug-likeness (QED) is 0.473. The number of thiophene rings is 1. The highest BCUT2D eigenvalue weighted by Crippen LogP contribution is 2.44. The Kier molecular flexibility index (Phi) is 3.93. The minimum Gasteiger partial charge on any atom is -0.293 e. The van der Waals surface area contributed by atoms with Gasteiger partial charge in [-0.15, -0.1) is 11.3 Å². The molecular weight excluding hydrogens is 380 g/mol. The lowest BCUT2D eigenvalue weighted by Gasteiger charge is -2.10. The van der Waals surface area contributed by atoms with Crippen LogP contribution in [-0.4, -0.2) is 10.6 Å². The van der Waals surface area contributed by atoms with Crippen LogP contribution in [0.1, 0.15) is 27.3 Å². The fraction of sp³-hybridized carbons (Fsp3) is 0.190. The van der Waals surface area contributed by atoms with Crippen molar-refractivity contribution in [3.05, 3.63) is 69.4 Å². The van der Waals surface area contributed by atoms with Crippen molar-refractivity contribution in [3.63, 3.8) is 0 Å². The molecule has 0 spiro atoms. The Labute approximate surface area is 154 Å². The van der Waals surface area contributed by atoms with Gasteiger partial charge in [0, 0.05) is 15.3 Å². The number of hydrogen-bond acceptors (Lipinski definition) is 2. The number of carbonyl (C=O) groups excluding carboxylic acids is 1. The van der Waals surface area contributed by atoms with Gasteiger partial charge >= 0.3 is 0 Å². The van der Waals surface area contributed by atoms with E-state index >= 15 is 0 Å². The first-order valence-electron chi connectivity index (χ1n) is 8.03. The van der Waals surface area contributed by atoms with Crippen molar-refractivity contribution >= 4 is 55.0 Å². The standard InChI is InChI=1S/C21H17BrOS/c1-12-10-17(13(2)24-12)18-11-19(22)21(23)20(18)16-9-5-7-14-6-3-4-8-15(14)16/h3-10,19H,11H2,1-2H3. The van der Waals surface area contributed by atoms with E-state index < -0.39 is 0 Å². The largest absolute Gasteiger partial charge is 0.293 e. The van der Waals surface area contributed by atoms with Gasteiger partial charge < -0.3 is 0 Å². The highest BCUT2D eigenvalue weighted by Gasteiger charge is 2.34. The molecule has 0 aliphatic heterocycles. The van der Waals surface area contributed by atoms with Crippen LogP contribution in [0.4, 0.5) is 0 Å². The van der Waals surface area contributed by atoms with Crippen molar-refractivity contribution in [2.75, 3.05) is 0 Å². The number of alkyl halides is 1. The topological polar surface area (TPSA) is 17.1 Å². The van der Waals surface area contributed by atoms with Gasteiger partial charge in [-0.3, -0.25) is 4.79 Å². The summed E-state index contributed by atoms with van der Waals surface area (Å²) in [6, 6.07) is 16.7. The predicted molar refractivity (Wildman–Crippen MR) is 107 cm³/mol. The molecule has 1 aliphatic carbocycles. The minimum absolute atomic E-state index is 0.124. The molecule has 1 atom stereocenters. The van der Waals surface area contributed by atoms with Gasteiger partial charge in [-0.25, -0.2) is 0 Å². The summed E-state index contributed by atoms with van der Waals surface area (Å²) in [6.07, 6.45) is 0.758. The van der Waals surface area contributed by atoms with E-state index in [-0.39, 0.29) is 10.6 Å². The molecule has 3 heteroatoms. The maximum atomic E-state index is 12.9. The molecule has 24 heavy (non-hydrogen) atoms. The van der Waals surface area contributed by atoms with Gasteiger partial charge in [0.2, 0.25) is 0 Å². The molecule has 0 amide bonds. The summed E-state index contributed by atoms with van der Waals surface area (Å²) < 4.78 is 0. The lowest BCUT2D eigenvalue weighted by Crippen LogP contribution is -2.08. The van der Waals surface area contributed by atoms with Gasteiger partial charge in [-0.2, -0.15) is 0 Å². The molecule has 120 valence electrons. The summed E-state index contributed by atoms with van der Waals surface area (Å²) in [4.78, 5) is 15.4. The van der Waals surface area contributed by atoms with Gasteiger partial charge in [0.25, 0.3) is 0 Å².